The average molecular weight is 463 g/mol. The van der Waals surface area contributed by atoms with Gasteiger partial charge in [-0.15, -0.1) is 0 Å². The Bertz CT molecular complexity index is 973. The Kier molecular flexibility index (Phi) is 6.31. The second-order valence-corrected chi connectivity index (χ2v) is 9.89. The van der Waals surface area contributed by atoms with Crippen LogP contribution in [0.1, 0.15) is 49.4 Å². The van der Waals surface area contributed by atoms with Crippen molar-refractivity contribution >= 4 is 11.6 Å². The highest BCUT2D eigenvalue weighted by atomic mass is 35.5. The highest BCUT2D eigenvalue weighted by Crippen LogP contribution is 2.52. The summed E-state index contributed by atoms with van der Waals surface area (Å²) < 4.78 is 12.3. The second kappa shape index (κ2) is 8.60. The van der Waals surface area contributed by atoms with Crippen molar-refractivity contribution in [3.05, 3.63) is 63.7 Å². The van der Waals surface area contributed by atoms with Gasteiger partial charge in [-0.25, -0.2) is 0 Å². The zero-order valence-corrected chi connectivity index (χ0v) is 19.3. The van der Waals surface area contributed by atoms with Crippen LogP contribution >= 0.6 is 11.6 Å². The second-order valence-electron chi connectivity index (χ2n) is 9.48. The average Bonchev–Trinajstić information content (AvgIpc) is 2.75. The predicted octanol–water partition coefficient (Wildman–Crippen LogP) is 2.72. The van der Waals surface area contributed by atoms with Crippen LogP contribution in [-0.4, -0.2) is 57.0 Å². The largest absolute Gasteiger partial charge is 0.487 e. The molecule has 1 spiro atoms. The number of aliphatic hydroxyl groups excluding tert-OH is 4. The third-order valence-electron chi connectivity index (χ3n) is 6.58. The SMILES string of the molecule is CCc1ccc(Cc2cc3c(cc2Cl)OC(C)(C)C[C@]32O[C@H](CO)[C@@H](O)[C@H](O)[C@H]2O)cc1. The molecular weight excluding hydrogens is 432 g/mol. The summed E-state index contributed by atoms with van der Waals surface area (Å²) in [5, 5.41) is 42.3. The van der Waals surface area contributed by atoms with Crippen LogP contribution in [-0.2, 0) is 23.2 Å². The van der Waals surface area contributed by atoms with Crippen molar-refractivity contribution in [3.63, 3.8) is 0 Å². The number of aryl methyl sites for hydroxylation is 1. The first-order chi connectivity index (χ1) is 15.1. The number of aliphatic hydroxyl groups is 4. The molecule has 0 saturated carbocycles. The van der Waals surface area contributed by atoms with Crippen molar-refractivity contribution in [1.29, 1.82) is 0 Å². The highest BCUT2D eigenvalue weighted by Gasteiger charge is 2.59. The van der Waals surface area contributed by atoms with Crippen LogP contribution in [0.15, 0.2) is 36.4 Å². The van der Waals surface area contributed by atoms with Crippen molar-refractivity contribution in [2.75, 3.05) is 6.61 Å². The summed E-state index contributed by atoms with van der Waals surface area (Å²) in [4.78, 5) is 0. The third kappa shape index (κ3) is 4.04. The van der Waals surface area contributed by atoms with Crippen LogP contribution in [0.4, 0.5) is 0 Å². The number of ether oxygens (including phenoxy) is 2. The van der Waals surface area contributed by atoms with Gasteiger partial charge in [-0.2, -0.15) is 0 Å². The van der Waals surface area contributed by atoms with Crippen LogP contribution in [0, 0.1) is 0 Å². The molecule has 2 aromatic rings. The van der Waals surface area contributed by atoms with Crippen molar-refractivity contribution in [2.24, 2.45) is 0 Å². The molecule has 0 aromatic heterocycles. The minimum atomic E-state index is -1.48. The Morgan fingerprint density at radius 2 is 1.69 bits per heavy atom. The molecule has 2 aliphatic heterocycles. The van der Waals surface area contributed by atoms with E-state index in [9.17, 15) is 20.4 Å². The van der Waals surface area contributed by atoms with Crippen LogP contribution in [0.5, 0.6) is 5.75 Å². The molecule has 4 N–H and O–H groups in total. The summed E-state index contributed by atoms with van der Waals surface area (Å²) in [6.45, 7) is 5.33. The number of hydrogen-bond donors (Lipinski definition) is 4. The van der Waals surface area contributed by atoms with E-state index in [4.69, 9.17) is 21.1 Å². The third-order valence-corrected chi connectivity index (χ3v) is 6.93. The molecule has 174 valence electrons. The van der Waals surface area contributed by atoms with E-state index in [1.54, 1.807) is 6.07 Å². The van der Waals surface area contributed by atoms with Crippen molar-refractivity contribution in [2.45, 2.75) is 75.7 Å². The lowest BCUT2D eigenvalue weighted by Gasteiger charge is -2.54. The van der Waals surface area contributed by atoms with Gasteiger partial charge in [0.2, 0.25) is 0 Å². The van der Waals surface area contributed by atoms with E-state index in [0.29, 0.717) is 22.8 Å². The summed E-state index contributed by atoms with van der Waals surface area (Å²) in [5.74, 6) is 0.454. The van der Waals surface area contributed by atoms with Crippen LogP contribution in [0.2, 0.25) is 5.02 Å². The Balaban J connectivity index is 1.80. The Morgan fingerprint density at radius 1 is 1.03 bits per heavy atom. The molecule has 2 heterocycles. The normalized spacial score (nSPS) is 31.2. The summed E-state index contributed by atoms with van der Waals surface area (Å²) in [6.07, 6.45) is -3.59. The molecular formula is C25H31ClO6. The fourth-order valence-corrected chi connectivity index (χ4v) is 5.15. The Hall–Kier alpha value is -1.67. The van der Waals surface area contributed by atoms with Gasteiger partial charge in [-0.3, -0.25) is 0 Å². The maximum atomic E-state index is 11.1. The molecule has 0 bridgehead atoms. The standard InChI is InChI=1S/C25H31ClO6/c1-4-14-5-7-15(8-6-14)9-16-10-17-19(11-18(16)26)31-24(2,3)13-25(17)23(30)22(29)21(28)20(12-27)32-25/h5-8,10-11,20-23,27-30H,4,9,12-13H2,1-3H3/t20-,21-,22+,23-,25+/m1/s1. The van der Waals surface area contributed by atoms with E-state index in [-0.39, 0.29) is 6.42 Å². The van der Waals surface area contributed by atoms with Gasteiger partial charge in [0.15, 0.2) is 0 Å². The summed E-state index contributed by atoms with van der Waals surface area (Å²) in [6, 6.07) is 11.9. The Morgan fingerprint density at radius 3 is 2.31 bits per heavy atom. The van der Waals surface area contributed by atoms with Crippen molar-refractivity contribution in [1.82, 2.24) is 0 Å². The van der Waals surface area contributed by atoms with Gasteiger partial charge in [0.25, 0.3) is 0 Å². The molecule has 6 nitrogen and oxygen atoms in total. The molecule has 2 aromatic carbocycles. The lowest BCUT2D eigenvalue weighted by atomic mass is 9.71. The summed E-state index contributed by atoms with van der Waals surface area (Å²) in [7, 11) is 0. The highest BCUT2D eigenvalue weighted by molar-refractivity contribution is 6.31. The number of rotatable bonds is 4. The fourth-order valence-electron chi connectivity index (χ4n) is 4.93. The predicted molar refractivity (Wildman–Crippen MR) is 121 cm³/mol. The molecule has 4 rings (SSSR count). The summed E-state index contributed by atoms with van der Waals surface area (Å²) >= 11 is 6.62. The smallest absolute Gasteiger partial charge is 0.129 e. The zero-order valence-electron chi connectivity index (χ0n) is 18.6. The number of fused-ring (bicyclic) bond motifs is 2. The molecule has 1 fully saturated rings. The molecule has 0 amide bonds. The topological polar surface area (TPSA) is 99.4 Å². The number of halogens is 1. The first-order valence-electron chi connectivity index (χ1n) is 11.0. The monoisotopic (exact) mass is 462 g/mol. The number of hydrogen-bond acceptors (Lipinski definition) is 6. The lowest BCUT2D eigenvalue weighted by Crippen LogP contribution is -2.66. The van der Waals surface area contributed by atoms with E-state index in [1.165, 1.54) is 5.56 Å². The molecule has 1 saturated heterocycles. The maximum absolute atomic E-state index is 11.1. The van der Waals surface area contributed by atoms with Gasteiger partial charge in [0.1, 0.15) is 41.4 Å². The fraction of sp³-hybridized carbons (Fsp3) is 0.520. The van der Waals surface area contributed by atoms with E-state index in [2.05, 4.69) is 31.2 Å². The first-order valence-corrected chi connectivity index (χ1v) is 11.4. The van der Waals surface area contributed by atoms with Gasteiger partial charge in [0.05, 0.1) is 6.61 Å². The zero-order chi connectivity index (χ0) is 23.3. The molecule has 0 radical (unpaired) electrons. The quantitative estimate of drug-likeness (QED) is 0.557. The molecule has 32 heavy (non-hydrogen) atoms. The minimum absolute atomic E-state index is 0.223. The Labute approximate surface area is 193 Å². The van der Waals surface area contributed by atoms with Crippen LogP contribution in [0.3, 0.4) is 0 Å². The van der Waals surface area contributed by atoms with Crippen molar-refractivity contribution < 1.29 is 29.9 Å². The van der Waals surface area contributed by atoms with Crippen LogP contribution < -0.4 is 4.74 Å². The van der Waals surface area contributed by atoms with Gasteiger partial charge < -0.3 is 29.9 Å². The van der Waals surface area contributed by atoms with Gasteiger partial charge in [-0.05, 0) is 55.5 Å². The first kappa shape index (κ1) is 23.5. The lowest BCUT2D eigenvalue weighted by molar-refractivity contribution is -0.294. The van der Waals surface area contributed by atoms with E-state index in [1.807, 2.05) is 19.9 Å². The maximum Gasteiger partial charge on any atom is 0.129 e. The molecule has 0 unspecified atom stereocenters. The molecule has 7 heteroatoms. The molecule has 2 aliphatic rings. The van der Waals surface area contributed by atoms with Gasteiger partial charge >= 0.3 is 0 Å². The van der Waals surface area contributed by atoms with Gasteiger partial charge in [0, 0.05) is 17.0 Å². The van der Waals surface area contributed by atoms with Gasteiger partial charge in [-0.1, -0.05) is 42.8 Å². The summed E-state index contributed by atoms with van der Waals surface area (Å²) in [5.41, 5.74) is 1.61. The van der Waals surface area contributed by atoms with Crippen LogP contribution in [0.25, 0.3) is 0 Å². The van der Waals surface area contributed by atoms with Crippen molar-refractivity contribution in [3.8, 4) is 5.75 Å². The number of benzene rings is 2. The van der Waals surface area contributed by atoms with E-state index < -0.39 is 42.2 Å². The van der Waals surface area contributed by atoms with E-state index in [0.717, 1.165) is 17.5 Å². The minimum Gasteiger partial charge on any atom is -0.487 e. The molecule has 0 aliphatic carbocycles. The van der Waals surface area contributed by atoms with E-state index >= 15 is 0 Å². The molecule has 5 atom stereocenters.